The van der Waals surface area contributed by atoms with Gasteiger partial charge < -0.3 is 14.8 Å². The monoisotopic (exact) mass is 287 g/mol. The van der Waals surface area contributed by atoms with Crippen molar-refractivity contribution in [2.45, 2.75) is 50.7 Å². The SMILES string of the molecule is CCCOCCC(NC)C1CCOC2(CCSC2)C1. The molecule has 0 amide bonds. The lowest BCUT2D eigenvalue weighted by Gasteiger charge is -2.41. The van der Waals surface area contributed by atoms with E-state index in [0.29, 0.717) is 6.04 Å². The molecule has 0 aliphatic carbocycles. The summed E-state index contributed by atoms with van der Waals surface area (Å²) in [5, 5.41) is 3.51. The fourth-order valence-electron chi connectivity index (χ4n) is 3.34. The van der Waals surface area contributed by atoms with E-state index in [-0.39, 0.29) is 5.60 Å². The highest BCUT2D eigenvalue weighted by Gasteiger charge is 2.42. The molecule has 0 aromatic heterocycles. The van der Waals surface area contributed by atoms with Gasteiger partial charge in [0.05, 0.1) is 5.60 Å². The Balaban J connectivity index is 1.80. The van der Waals surface area contributed by atoms with Crippen LogP contribution in [0.2, 0.25) is 0 Å². The van der Waals surface area contributed by atoms with E-state index in [0.717, 1.165) is 38.6 Å². The third-order valence-electron chi connectivity index (χ3n) is 4.46. The van der Waals surface area contributed by atoms with Crippen molar-refractivity contribution in [3.05, 3.63) is 0 Å². The molecule has 0 bridgehead atoms. The first-order valence-electron chi connectivity index (χ1n) is 7.76. The second kappa shape index (κ2) is 7.87. The maximum absolute atomic E-state index is 6.11. The molecular weight excluding hydrogens is 258 g/mol. The molecule has 3 nitrogen and oxygen atoms in total. The molecule has 3 unspecified atom stereocenters. The summed E-state index contributed by atoms with van der Waals surface area (Å²) in [4.78, 5) is 0. The van der Waals surface area contributed by atoms with Crippen LogP contribution in [0.25, 0.3) is 0 Å². The summed E-state index contributed by atoms with van der Waals surface area (Å²) < 4.78 is 11.8. The molecule has 2 aliphatic heterocycles. The van der Waals surface area contributed by atoms with Crippen molar-refractivity contribution < 1.29 is 9.47 Å². The van der Waals surface area contributed by atoms with Crippen LogP contribution in [-0.2, 0) is 9.47 Å². The minimum absolute atomic E-state index is 0.201. The number of thioether (sulfide) groups is 1. The number of ether oxygens (including phenoxy) is 2. The maximum Gasteiger partial charge on any atom is 0.0783 e. The van der Waals surface area contributed by atoms with Crippen molar-refractivity contribution in [3.8, 4) is 0 Å². The lowest BCUT2D eigenvalue weighted by molar-refractivity contribution is -0.0861. The topological polar surface area (TPSA) is 30.5 Å². The molecule has 0 aromatic carbocycles. The molecule has 3 atom stereocenters. The summed E-state index contributed by atoms with van der Waals surface area (Å²) in [7, 11) is 2.09. The Morgan fingerprint density at radius 1 is 1.47 bits per heavy atom. The van der Waals surface area contributed by atoms with Crippen LogP contribution < -0.4 is 5.32 Å². The average molecular weight is 287 g/mol. The maximum atomic E-state index is 6.11. The van der Waals surface area contributed by atoms with Gasteiger partial charge in [0.1, 0.15) is 0 Å². The van der Waals surface area contributed by atoms with Crippen molar-refractivity contribution >= 4 is 11.8 Å². The van der Waals surface area contributed by atoms with Gasteiger partial charge in [0.15, 0.2) is 0 Å². The standard InChI is InChI=1S/C15H29NO2S/c1-3-7-17-8-5-14(16-2)13-4-9-18-15(11-13)6-10-19-12-15/h13-14,16H,3-12H2,1-2H3. The van der Waals surface area contributed by atoms with Crippen LogP contribution in [0, 0.1) is 5.92 Å². The molecule has 2 saturated heterocycles. The van der Waals surface area contributed by atoms with E-state index in [1.54, 1.807) is 0 Å². The van der Waals surface area contributed by atoms with Gasteiger partial charge >= 0.3 is 0 Å². The first kappa shape index (κ1) is 15.6. The molecule has 2 heterocycles. The molecular formula is C15H29NO2S. The van der Waals surface area contributed by atoms with Gasteiger partial charge in [0.2, 0.25) is 0 Å². The Morgan fingerprint density at radius 2 is 2.37 bits per heavy atom. The highest BCUT2D eigenvalue weighted by molar-refractivity contribution is 7.99. The molecule has 1 spiro atoms. The largest absolute Gasteiger partial charge is 0.381 e. The van der Waals surface area contributed by atoms with Crippen molar-refractivity contribution in [2.75, 3.05) is 38.4 Å². The van der Waals surface area contributed by atoms with Gasteiger partial charge in [-0.1, -0.05) is 6.92 Å². The van der Waals surface area contributed by atoms with Gasteiger partial charge in [0, 0.05) is 31.6 Å². The molecule has 0 saturated carbocycles. The fraction of sp³-hybridized carbons (Fsp3) is 1.00. The number of rotatable bonds is 7. The predicted molar refractivity (Wildman–Crippen MR) is 81.9 cm³/mol. The molecule has 19 heavy (non-hydrogen) atoms. The van der Waals surface area contributed by atoms with E-state index >= 15 is 0 Å². The van der Waals surface area contributed by atoms with Crippen LogP contribution in [-0.4, -0.2) is 50.0 Å². The van der Waals surface area contributed by atoms with E-state index in [1.807, 2.05) is 0 Å². The normalized spacial score (nSPS) is 32.8. The Morgan fingerprint density at radius 3 is 3.05 bits per heavy atom. The summed E-state index contributed by atoms with van der Waals surface area (Å²) >= 11 is 2.06. The third-order valence-corrected chi connectivity index (χ3v) is 5.68. The first-order valence-corrected chi connectivity index (χ1v) is 8.92. The highest BCUT2D eigenvalue weighted by atomic mass is 32.2. The molecule has 0 radical (unpaired) electrons. The van der Waals surface area contributed by atoms with Gasteiger partial charge in [0.25, 0.3) is 0 Å². The summed E-state index contributed by atoms with van der Waals surface area (Å²) in [6, 6.07) is 0.586. The van der Waals surface area contributed by atoms with Crippen LogP contribution in [0.5, 0.6) is 0 Å². The zero-order valence-corrected chi connectivity index (χ0v) is 13.3. The quantitative estimate of drug-likeness (QED) is 0.729. The molecule has 0 aromatic rings. The van der Waals surface area contributed by atoms with Crippen LogP contribution in [0.3, 0.4) is 0 Å². The predicted octanol–water partition coefficient (Wildman–Crippen LogP) is 2.69. The zero-order valence-electron chi connectivity index (χ0n) is 12.5. The Hall–Kier alpha value is 0.230. The van der Waals surface area contributed by atoms with E-state index in [9.17, 15) is 0 Å². The second-order valence-corrected chi connectivity index (χ2v) is 6.99. The number of hydrogen-bond acceptors (Lipinski definition) is 4. The fourth-order valence-corrected chi connectivity index (χ4v) is 4.72. The van der Waals surface area contributed by atoms with Gasteiger partial charge in [-0.3, -0.25) is 0 Å². The summed E-state index contributed by atoms with van der Waals surface area (Å²) in [6.07, 6.45) is 5.92. The van der Waals surface area contributed by atoms with Gasteiger partial charge in [-0.2, -0.15) is 11.8 Å². The third kappa shape index (κ3) is 4.35. The summed E-state index contributed by atoms with van der Waals surface area (Å²) in [6.45, 7) is 4.89. The van der Waals surface area contributed by atoms with Crippen LogP contribution in [0.4, 0.5) is 0 Å². The van der Waals surface area contributed by atoms with E-state index < -0.39 is 0 Å². The summed E-state index contributed by atoms with van der Waals surface area (Å²) in [5.41, 5.74) is 0.201. The number of hydrogen-bond donors (Lipinski definition) is 1. The molecule has 4 heteroatoms. The highest BCUT2D eigenvalue weighted by Crippen LogP contribution is 2.41. The minimum Gasteiger partial charge on any atom is -0.381 e. The molecule has 2 aliphatic rings. The first-order chi connectivity index (χ1) is 9.29. The second-order valence-electron chi connectivity index (χ2n) is 5.88. The molecule has 1 N–H and O–H groups in total. The molecule has 112 valence electrons. The lowest BCUT2D eigenvalue weighted by atomic mass is 9.80. The summed E-state index contributed by atoms with van der Waals surface area (Å²) in [5.74, 6) is 3.23. The molecule has 2 fully saturated rings. The van der Waals surface area contributed by atoms with Crippen molar-refractivity contribution in [3.63, 3.8) is 0 Å². The van der Waals surface area contributed by atoms with Crippen LogP contribution in [0.15, 0.2) is 0 Å². The van der Waals surface area contributed by atoms with E-state index in [4.69, 9.17) is 9.47 Å². The van der Waals surface area contributed by atoms with E-state index in [2.05, 4.69) is 31.1 Å². The van der Waals surface area contributed by atoms with Crippen molar-refractivity contribution in [1.29, 1.82) is 0 Å². The van der Waals surface area contributed by atoms with Crippen molar-refractivity contribution in [2.24, 2.45) is 5.92 Å². The van der Waals surface area contributed by atoms with Crippen LogP contribution >= 0.6 is 11.8 Å². The van der Waals surface area contributed by atoms with E-state index in [1.165, 1.54) is 30.8 Å². The Labute approximate surface area is 122 Å². The lowest BCUT2D eigenvalue weighted by Crippen LogP contribution is -2.46. The van der Waals surface area contributed by atoms with Crippen molar-refractivity contribution in [1.82, 2.24) is 5.32 Å². The van der Waals surface area contributed by atoms with Crippen LogP contribution in [0.1, 0.15) is 39.0 Å². The molecule has 2 rings (SSSR count). The smallest absolute Gasteiger partial charge is 0.0783 e. The van der Waals surface area contributed by atoms with Gasteiger partial charge in [-0.25, -0.2) is 0 Å². The number of nitrogens with one attached hydrogen (secondary N) is 1. The van der Waals surface area contributed by atoms with Gasteiger partial charge in [-0.05, 0) is 50.8 Å². The zero-order chi connectivity index (χ0) is 13.6. The Kier molecular flexibility index (Phi) is 6.46. The van der Waals surface area contributed by atoms with Gasteiger partial charge in [-0.15, -0.1) is 0 Å². The Bertz CT molecular complexity index is 257. The average Bonchev–Trinajstić information content (AvgIpc) is 2.87. The minimum atomic E-state index is 0.201.